The molecule has 0 bridgehead atoms. The van der Waals surface area contributed by atoms with Gasteiger partial charge in [0.05, 0.1) is 0 Å². The van der Waals surface area contributed by atoms with Crippen LogP contribution in [0.15, 0.2) is 118 Å². The van der Waals surface area contributed by atoms with Crippen LogP contribution in [-0.4, -0.2) is 3.21 Å². The van der Waals surface area contributed by atoms with E-state index in [0.29, 0.717) is 9.54 Å². The van der Waals surface area contributed by atoms with Crippen LogP contribution in [-0.2, 0) is 32.1 Å². The molecule has 1 unspecified atom stereocenters. The molecule has 0 saturated heterocycles. The fourth-order valence-corrected chi connectivity index (χ4v) is 20.4. The number of rotatable bonds is 5. The molecule has 53 heavy (non-hydrogen) atoms. The second kappa shape index (κ2) is 14.0. The topological polar surface area (TPSA) is 0 Å². The number of hydrogen-bond donors (Lipinski definition) is 0. The molecule has 4 aliphatic carbocycles. The summed E-state index contributed by atoms with van der Waals surface area (Å²) < 4.78 is 3.81. The van der Waals surface area contributed by atoms with Crippen molar-refractivity contribution in [3.8, 4) is 11.1 Å². The summed E-state index contributed by atoms with van der Waals surface area (Å²) in [6, 6.07) is 33.6. The molecule has 4 aromatic carbocycles. The Kier molecular flexibility index (Phi) is 10.6. The quantitative estimate of drug-likeness (QED) is 0.198. The monoisotopic (exact) mass is 814 g/mol. The van der Waals surface area contributed by atoms with Crippen molar-refractivity contribution in [1.29, 1.82) is 0 Å². The number of halogens is 2. The molecule has 0 N–H and O–H groups in total. The third kappa shape index (κ3) is 6.36. The maximum Gasteiger partial charge on any atom is -1.00 e. The van der Waals surface area contributed by atoms with Crippen molar-refractivity contribution >= 4 is 14.4 Å². The van der Waals surface area contributed by atoms with Crippen molar-refractivity contribution in [1.82, 2.24) is 0 Å². The molecule has 4 aliphatic rings. The molecular weight excluding hydrogens is 763 g/mol. The van der Waals surface area contributed by atoms with Gasteiger partial charge in [0.2, 0.25) is 0 Å². The zero-order valence-electron chi connectivity index (χ0n) is 33.4. The Morgan fingerprint density at radius 3 is 1.49 bits per heavy atom. The summed E-state index contributed by atoms with van der Waals surface area (Å²) in [7, 11) is 0. The Morgan fingerprint density at radius 2 is 1.09 bits per heavy atom. The van der Waals surface area contributed by atoms with E-state index >= 15 is 0 Å². The van der Waals surface area contributed by atoms with Crippen LogP contribution in [0.4, 0.5) is 0 Å². The smallest absolute Gasteiger partial charge is 1.00 e. The first-order chi connectivity index (χ1) is 24.1. The largest absolute Gasteiger partial charge is 1.00 e. The summed E-state index contributed by atoms with van der Waals surface area (Å²) in [6.45, 7) is 26.5. The number of hydrogen-bond acceptors (Lipinski definition) is 0. The first-order valence-electron chi connectivity index (χ1n) is 19.2. The fourth-order valence-electron chi connectivity index (χ4n) is 10.2. The SMILES string of the molecule is CCC1=[C]([Zr+2](=[C](c2ccccc2)c2ccccc2)[CH]2c3cc4c(cc3-c3cc5c(cc32)C(C)(C)C=C5C)C(C)=CC4(C)C)C(C)C=C1C(C)(C)C.[Cl-].[Cl-]. The Morgan fingerprint density at radius 1 is 0.660 bits per heavy atom. The molecule has 0 aliphatic heterocycles. The van der Waals surface area contributed by atoms with Crippen LogP contribution in [0, 0.1) is 11.3 Å². The standard InChI is InChI=1S/C25H25.C13H10.C12H19.2ClH.Zr/c1-14-12-24(3,4)22-8-16-7-17-9-23-19(15(2)13-25(23,5)6)11-21(17)20(16)10-18(14)22;1-3-7-12(8-4-1)11-13-9-5-2-6-10-13;1-6-10-7-9(2)8-11(10)12(3,4)5;;;/h7-13H,1-6H3;1-10H;8-9H,6H2,1-5H3;2*1H;/q;;;;;+2/p-2. The molecule has 1 atom stereocenters. The van der Waals surface area contributed by atoms with Gasteiger partial charge in [-0.15, -0.1) is 0 Å². The zero-order chi connectivity index (χ0) is 36.2. The maximum atomic E-state index is 2.69. The third-order valence-electron chi connectivity index (χ3n) is 12.3. The van der Waals surface area contributed by atoms with Gasteiger partial charge in [0.1, 0.15) is 0 Å². The van der Waals surface area contributed by atoms with Gasteiger partial charge in [-0.3, -0.25) is 0 Å². The molecule has 8 rings (SSSR count). The van der Waals surface area contributed by atoms with E-state index in [-0.39, 0.29) is 41.1 Å². The van der Waals surface area contributed by atoms with Crippen LogP contribution >= 0.6 is 0 Å². The summed E-state index contributed by atoms with van der Waals surface area (Å²) in [5.74, 6) is 0.419. The van der Waals surface area contributed by atoms with Crippen LogP contribution < -0.4 is 24.8 Å². The molecule has 0 heterocycles. The van der Waals surface area contributed by atoms with E-state index in [4.69, 9.17) is 0 Å². The summed E-state index contributed by atoms with van der Waals surface area (Å²) >= 11 is -3.01. The van der Waals surface area contributed by atoms with Crippen molar-refractivity contribution in [2.45, 2.75) is 97.0 Å². The number of allylic oxidation sites excluding steroid dienone is 8. The van der Waals surface area contributed by atoms with Crippen molar-refractivity contribution in [2.24, 2.45) is 11.3 Å². The van der Waals surface area contributed by atoms with E-state index in [1.807, 2.05) is 0 Å². The third-order valence-corrected chi connectivity index (χ3v) is 21.3. The van der Waals surface area contributed by atoms with Gasteiger partial charge in [0, 0.05) is 0 Å². The average molecular weight is 817 g/mol. The van der Waals surface area contributed by atoms with E-state index in [0.717, 1.165) is 6.42 Å². The van der Waals surface area contributed by atoms with Gasteiger partial charge < -0.3 is 24.8 Å². The van der Waals surface area contributed by atoms with Gasteiger partial charge in [-0.05, 0) is 0 Å². The molecule has 0 amide bonds. The minimum atomic E-state index is -3.01. The first-order valence-corrected chi connectivity index (χ1v) is 23.1. The molecule has 4 aromatic rings. The molecule has 272 valence electrons. The van der Waals surface area contributed by atoms with E-state index in [1.165, 1.54) is 55.7 Å². The molecule has 0 radical (unpaired) electrons. The van der Waals surface area contributed by atoms with Gasteiger partial charge in [0.15, 0.2) is 0 Å². The molecule has 0 spiro atoms. The maximum absolute atomic E-state index is 3.01. The molecule has 0 aromatic heterocycles. The normalized spacial score (nSPS) is 18.8. The van der Waals surface area contributed by atoms with Crippen molar-refractivity contribution in [3.63, 3.8) is 0 Å². The summed E-state index contributed by atoms with van der Waals surface area (Å²) in [6.07, 6.45) is 8.75. The van der Waals surface area contributed by atoms with E-state index in [1.54, 1.807) is 28.8 Å². The Balaban J connectivity index is 0.00000240. The summed E-state index contributed by atoms with van der Waals surface area (Å²) in [4.78, 5) is 0. The minimum Gasteiger partial charge on any atom is -1.00 e. The number of fused-ring (bicyclic) bond motifs is 5. The van der Waals surface area contributed by atoms with Crippen LogP contribution in [0.1, 0.15) is 131 Å². The van der Waals surface area contributed by atoms with Crippen LogP contribution in [0.2, 0.25) is 0 Å². The predicted molar refractivity (Wildman–Crippen MR) is 217 cm³/mol. The summed E-state index contributed by atoms with van der Waals surface area (Å²) in [5, 5.41) is 0. The number of benzene rings is 4. The first kappa shape index (κ1) is 39.9. The van der Waals surface area contributed by atoms with Gasteiger partial charge in [-0.1, -0.05) is 0 Å². The fraction of sp³-hybridized carbons (Fsp3) is 0.340. The molecule has 0 fully saturated rings. The minimum absolute atomic E-state index is 0. The van der Waals surface area contributed by atoms with Crippen LogP contribution in [0.3, 0.4) is 0 Å². The van der Waals surface area contributed by atoms with Gasteiger partial charge in [-0.2, -0.15) is 0 Å². The van der Waals surface area contributed by atoms with Gasteiger partial charge >= 0.3 is 317 Å². The molecular formula is C50H54Cl2Zr. The Hall–Kier alpha value is -2.83. The molecule has 0 nitrogen and oxygen atoms in total. The summed E-state index contributed by atoms with van der Waals surface area (Å²) in [5.41, 5.74) is 21.0. The second-order valence-corrected chi connectivity index (χ2v) is 23.9. The van der Waals surface area contributed by atoms with Crippen molar-refractivity contribution in [2.75, 3.05) is 0 Å². The molecule has 3 heteroatoms. The van der Waals surface area contributed by atoms with Gasteiger partial charge in [0.25, 0.3) is 0 Å². The second-order valence-electron chi connectivity index (χ2n) is 17.9. The molecule has 0 saturated carbocycles. The van der Waals surface area contributed by atoms with Crippen molar-refractivity contribution < 1.29 is 46.1 Å². The Bertz CT molecular complexity index is 2160. The van der Waals surface area contributed by atoms with Crippen LogP contribution in [0.25, 0.3) is 22.3 Å². The van der Waals surface area contributed by atoms with E-state index < -0.39 is 21.3 Å². The van der Waals surface area contributed by atoms with E-state index in [2.05, 4.69) is 179 Å². The van der Waals surface area contributed by atoms with Crippen molar-refractivity contribution in [3.05, 3.63) is 162 Å². The predicted octanol–water partition coefficient (Wildman–Crippen LogP) is 7.33. The average Bonchev–Trinajstić information content (AvgIpc) is 3.73. The zero-order valence-corrected chi connectivity index (χ0v) is 37.4. The Labute approximate surface area is 339 Å². The van der Waals surface area contributed by atoms with E-state index in [9.17, 15) is 0 Å². The van der Waals surface area contributed by atoms with Gasteiger partial charge in [-0.25, -0.2) is 0 Å². The van der Waals surface area contributed by atoms with Crippen LogP contribution in [0.5, 0.6) is 0 Å².